The third-order valence-electron chi connectivity index (χ3n) is 3.91. The number of benzene rings is 1. The van der Waals surface area contributed by atoms with Crippen molar-refractivity contribution in [1.29, 1.82) is 0 Å². The fourth-order valence-corrected chi connectivity index (χ4v) is 2.75. The molecule has 1 atom stereocenters. The molecule has 0 aliphatic carbocycles. The van der Waals surface area contributed by atoms with Gasteiger partial charge in [0.2, 0.25) is 0 Å². The van der Waals surface area contributed by atoms with Crippen molar-refractivity contribution in [3.63, 3.8) is 0 Å². The molecule has 0 bridgehead atoms. The summed E-state index contributed by atoms with van der Waals surface area (Å²) >= 11 is 0. The average Bonchev–Trinajstić information content (AvgIpc) is 2.61. The van der Waals surface area contributed by atoms with Crippen molar-refractivity contribution in [2.45, 2.75) is 58.3 Å². The van der Waals surface area contributed by atoms with Gasteiger partial charge in [-0.05, 0) is 35.1 Å². The predicted octanol–water partition coefficient (Wildman–Crippen LogP) is 1.41. The molecule has 0 amide bonds. The van der Waals surface area contributed by atoms with E-state index in [2.05, 4.69) is 23.6 Å². The molecule has 1 unspecified atom stereocenters. The molecular formula is C19H31NaO5P+. The molecule has 0 aliphatic heterocycles. The van der Waals surface area contributed by atoms with E-state index >= 15 is 0 Å². The van der Waals surface area contributed by atoms with Crippen molar-refractivity contribution >= 4 is 8.25 Å². The van der Waals surface area contributed by atoms with Crippen molar-refractivity contribution in [2.75, 3.05) is 26.4 Å². The molecule has 26 heavy (non-hydrogen) atoms. The molecule has 0 spiro atoms. The summed E-state index contributed by atoms with van der Waals surface area (Å²) in [5.74, 6) is 0.825. The molecule has 0 saturated carbocycles. The Morgan fingerprint density at radius 3 is 2.15 bits per heavy atom. The molecule has 1 rings (SSSR count). The molecule has 0 N–H and O–H groups in total. The molecule has 0 aliphatic rings. The molecular weight excluding hydrogens is 362 g/mol. The zero-order valence-corrected chi connectivity index (χ0v) is 19.2. The Labute approximate surface area is 181 Å². The fourth-order valence-electron chi connectivity index (χ4n) is 2.53. The van der Waals surface area contributed by atoms with E-state index in [9.17, 15) is 9.46 Å². The molecule has 5 nitrogen and oxygen atoms in total. The quantitative estimate of drug-likeness (QED) is 0.241. The van der Waals surface area contributed by atoms with E-state index in [1.807, 2.05) is 12.1 Å². The summed E-state index contributed by atoms with van der Waals surface area (Å²) in [5, 5.41) is 0. The van der Waals surface area contributed by atoms with E-state index in [1.54, 1.807) is 0 Å². The summed E-state index contributed by atoms with van der Waals surface area (Å²) in [4.78, 5) is 10.2. The van der Waals surface area contributed by atoms with E-state index < -0.39 is 8.25 Å². The van der Waals surface area contributed by atoms with Crippen molar-refractivity contribution in [1.82, 2.24) is 0 Å². The first-order chi connectivity index (χ1) is 12.2. The van der Waals surface area contributed by atoms with Crippen LogP contribution in [0.2, 0.25) is 0 Å². The minimum Gasteiger partial charge on any atom is -0.566 e. The van der Waals surface area contributed by atoms with Crippen LogP contribution in [-0.4, -0.2) is 26.4 Å². The first-order valence-corrected chi connectivity index (χ1v) is 10.4. The number of rotatable bonds is 16. The first-order valence-electron chi connectivity index (χ1n) is 9.29. The van der Waals surface area contributed by atoms with E-state index in [4.69, 9.17) is 9.47 Å². The van der Waals surface area contributed by atoms with Gasteiger partial charge in [0.1, 0.15) is 19.0 Å². The summed E-state index contributed by atoms with van der Waals surface area (Å²) in [6.07, 6.45) is 10.4. The van der Waals surface area contributed by atoms with Gasteiger partial charge in [0.05, 0.1) is 13.2 Å². The van der Waals surface area contributed by atoms with Crippen LogP contribution in [0.25, 0.3) is 0 Å². The number of unbranched alkanes of at least 4 members (excludes halogenated alkanes) is 6. The van der Waals surface area contributed by atoms with Crippen molar-refractivity contribution in [3.8, 4) is 5.75 Å². The smallest absolute Gasteiger partial charge is 0.566 e. The molecule has 0 saturated heterocycles. The van der Waals surface area contributed by atoms with Gasteiger partial charge in [-0.15, -0.1) is 4.52 Å². The molecule has 142 valence electrons. The maximum Gasteiger partial charge on any atom is 1.00 e. The van der Waals surface area contributed by atoms with Crippen LogP contribution in [0.1, 0.15) is 57.4 Å². The Morgan fingerprint density at radius 2 is 1.50 bits per heavy atom. The van der Waals surface area contributed by atoms with Gasteiger partial charge in [0.25, 0.3) is 0 Å². The summed E-state index contributed by atoms with van der Waals surface area (Å²) < 4.78 is 25.3. The van der Waals surface area contributed by atoms with Gasteiger partial charge < -0.3 is 14.4 Å². The van der Waals surface area contributed by atoms with Crippen LogP contribution in [0.3, 0.4) is 0 Å². The van der Waals surface area contributed by atoms with E-state index in [1.165, 1.54) is 50.5 Å². The van der Waals surface area contributed by atoms with E-state index in [0.29, 0.717) is 13.2 Å². The monoisotopic (exact) mass is 393 g/mol. The number of aryl methyl sites for hydroxylation is 1. The third kappa shape index (κ3) is 15.1. The van der Waals surface area contributed by atoms with Crippen molar-refractivity contribution in [2.24, 2.45) is 0 Å². The number of hydrogen-bond acceptors (Lipinski definition) is 5. The summed E-state index contributed by atoms with van der Waals surface area (Å²) in [7, 11) is -2.79. The minimum atomic E-state index is -2.79. The standard InChI is InChI=1S/C19H31O5P.Na/c1-2-3-4-5-6-7-8-9-18-10-12-19(13-11-18)23-16-14-22-15-17-24-25(20)21;/h10-13H,2-9,14-17H2,1H3;/q;+1. The minimum absolute atomic E-state index is 0. The zero-order valence-electron chi connectivity index (χ0n) is 16.3. The second-order valence-corrected chi connectivity index (χ2v) is 6.74. The second-order valence-electron chi connectivity index (χ2n) is 6.03. The largest absolute Gasteiger partial charge is 1.00 e. The summed E-state index contributed by atoms with van der Waals surface area (Å²) in [6, 6.07) is 8.21. The van der Waals surface area contributed by atoms with Gasteiger partial charge >= 0.3 is 37.8 Å². The van der Waals surface area contributed by atoms with Crippen molar-refractivity contribution < 1.29 is 53.0 Å². The van der Waals surface area contributed by atoms with Crippen LogP contribution >= 0.6 is 8.25 Å². The Balaban J connectivity index is 0.00000625. The summed E-state index contributed by atoms with van der Waals surface area (Å²) in [5.41, 5.74) is 1.35. The zero-order chi connectivity index (χ0) is 18.2. The second kappa shape index (κ2) is 18.4. The Kier molecular flexibility index (Phi) is 18.4. The van der Waals surface area contributed by atoms with Crippen LogP contribution in [0.15, 0.2) is 24.3 Å². The number of ether oxygens (including phenoxy) is 2. The van der Waals surface area contributed by atoms with Gasteiger partial charge in [-0.2, -0.15) is 0 Å². The van der Waals surface area contributed by atoms with Crippen LogP contribution in [0.5, 0.6) is 5.75 Å². The fraction of sp³-hybridized carbons (Fsp3) is 0.684. The average molecular weight is 393 g/mol. The van der Waals surface area contributed by atoms with Gasteiger partial charge in [0, 0.05) is 0 Å². The van der Waals surface area contributed by atoms with Gasteiger partial charge in [-0.25, -0.2) is 0 Å². The molecule has 0 radical (unpaired) electrons. The SMILES string of the molecule is CCCCCCCCCc1ccc(OCCOCCO[P+](=O)[O-])cc1.[Na+]. The topological polar surface area (TPSA) is 67.8 Å². The molecule has 0 aromatic heterocycles. The van der Waals surface area contributed by atoms with Crippen molar-refractivity contribution in [3.05, 3.63) is 29.8 Å². The molecule has 1 aromatic rings. The maximum absolute atomic E-state index is 10.2. The van der Waals surface area contributed by atoms with Crippen LogP contribution in [-0.2, 0) is 20.2 Å². The Morgan fingerprint density at radius 1 is 0.885 bits per heavy atom. The normalized spacial score (nSPS) is 11.1. The maximum atomic E-state index is 10.2. The molecule has 7 heteroatoms. The van der Waals surface area contributed by atoms with Gasteiger partial charge in [0.15, 0.2) is 0 Å². The van der Waals surface area contributed by atoms with Crippen LogP contribution in [0, 0.1) is 0 Å². The van der Waals surface area contributed by atoms with Crippen LogP contribution < -0.4 is 39.2 Å². The van der Waals surface area contributed by atoms with E-state index in [-0.39, 0.29) is 42.8 Å². The third-order valence-corrected chi connectivity index (χ3v) is 4.31. The van der Waals surface area contributed by atoms with E-state index in [0.717, 1.165) is 12.2 Å². The first kappa shape index (κ1) is 26.0. The van der Waals surface area contributed by atoms with Gasteiger partial charge in [-0.1, -0.05) is 57.6 Å². The van der Waals surface area contributed by atoms with Crippen LogP contribution in [0.4, 0.5) is 0 Å². The molecule has 0 fully saturated rings. The molecule has 0 heterocycles. The number of hydrogen-bond donors (Lipinski definition) is 0. The Bertz CT molecular complexity index is 456. The predicted molar refractivity (Wildman–Crippen MR) is 98.0 cm³/mol. The van der Waals surface area contributed by atoms with Gasteiger partial charge in [-0.3, -0.25) is 0 Å². The molecule has 1 aromatic carbocycles. The Hall–Kier alpha value is 0. The summed E-state index contributed by atoms with van der Waals surface area (Å²) in [6.45, 7) is 3.37.